The van der Waals surface area contributed by atoms with E-state index in [1.165, 1.54) is 0 Å². The Morgan fingerprint density at radius 2 is 2.27 bits per heavy atom. The van der Waals surface area contributed by atoms with Crippen LogP contribution in [0.2, 0.25) is 0 Å². The maximum atomic E-state index is 6.03. The summed E-state index contributed by atoms with van der Waals surface area (Å²) in [5.74, 6) is 4.64. The third-order valence-corrected chi connectivity index (χ3v) is 2.66. The lowest BCUT2D eigenvalue weighted by molar-refractivity contribution is 0.651. The second-order valence-corrected chi connectivity index (χ2v) is 3.91. The summed E-state index contributed by atoms with van der Waals surface area (Å²) in [6.07, 6.45) is 7.54. The molecule has 0 radical (unpaired) electrons. The number of aromatic nitrogens is 2. The Labute approximate surface area is 91.7 Å². The molecule has 0 spiro atoms. The molecule has 2 N–H and O–H groups in total. The predicted molar refractivity (Wildman–Crippen MR) is 63.5 cm³/mol. The second kappa shape index (κ2) is 4.88. The molecule has 1 aromatic heterocycles. The van der Waals surface area contributed by atoms with Gasteiger partial charge in [-0.05, 0) is 13.3 Å². The highest BCUT2D eigenvalue weighted by Crippen LogP contribution is 2.25. The molecule has 82 valence electrons. The van der Waals surface area contributed by atoms with Gasteiger partial charge in [0.2, 0.25) is 0 Å². The summed E-state index contributed by atoms with van der Waals surface area (Å²) in [7, 11) is 0. The SMILES string of the molecule is C#CCn1c(C)nc(C(C)CCC)c1N. The summed E-state index contributed by atoms with van der Waals surface area (Å²) in [5.41, 5.74) is 7.02. The van der Waals surface area contributed by atoms with E-state index in [1.807, 2.05) is 11.5 Å². The minimum atomic E-state index is 0.410. The molecule has 1 rings (SSSR count). The number of nitrogen functional groups attached to an aromatic ring is 1. The zero-order valence-electron chi connectivity index (χ0n) is 9.75. The monoisotopic (exact) mass is 205 g/mol. The van der Waals surface area contributed by atoms with Gasteiger partial charge in [0, 0.05) is 5.92 Å². The Morgan fingerprint density at radius 1 is 1.60 bits per heavy atom. The van der Waals surface area contributed by atoms with Crippen molar-refractivity contribution in [1.29, 1.82) is 0 Å². The van der Waals surface area contributed by atoms with Crippen LogP contribution in [0.1, 0.15) is 44.1 Å². The van der Waals surface area contributed by atoms with Gasteiger partial charge >= 0.3 is 0 Å². The van der Waals surface area contributed by atoms with Gasteiger partial charge in [0.25, 0.3) is 0 Å². The number of imidazole rings is 1. The lowest BCUT2D eigenvalue weighted by Crippen LogP contribution is -2.05. The summed E-state index contributed by atoms with van der Waals surface area (Å²) in [4.78, 5) is 4.49. The summed E-state index contributed by atoms with van der Waals surface area (Å²) in [6, 6.07) is 0. The second-order valence-electron chi connectivity index (χ2n) is 3.91. The zero-order chi connectivity index (χ0) is 11.4. The minimum absolute atomic E-state index is 0.410. The first-order valence-corrected chi connectivity index (χ1v) is 5.37. The van der Waals surface area contributed by atoms with Gasteiger partial charge in [-0.3, -0.25) is 0 Å². The van der Waals surface area contributed by atoms with Crippen LogP contribution in [-0.4, -0.2) is 9.55 Å². The Balaban J connectivity index is 3.01. The van der Waals surface area contributed by atoms with E-state index in [-0.39, 0.29) is 0 Å². The smallest absolute Gasteiger partial charge is 0.127 e. The quantitative estimate of drug-likeness (QED) is 0.766. The molecule has 0 aromatic carbocycles. The molecule has 1 unspecified atom stereocenters. The third kappa shape index (κ3) is 2.33. The topological polar surface area (TPSA) is 43.8 Å². The summed E-state index contributed by atoms with van der Waals surface area (Å²) in [5, 5.41) is 0. The van der Waals surface area contributed by atoms with E-state index in [0.717, 1.165) is 30.2 Å². The fourth-order valence-electron chi connectivity index (χ4n) is 1.83. The maximum absolute atomic E-state index is 6.03. The zero-order valence-corrected chi connectivity index (χ0v) is 9.75. The molecule has 1 atom stereocenters. The standard InChI is InChI=1S/C12H19N3/c1-5-7-9(3)11-12(13)15(8-6-2)10(4)14-11/h2,9H,5,7-8,13H2,1,3-4H3. The van der Waals surface area contributed by atoms with Crippen LogP contribution in [0.4, 0.5) is 5.82 Å². The van der Waals surface area contributed by atoms with Crippen LogP contribution >= 0.6 is 0 Å². The molecule has 0 saturated heterocycles. The van der Waals surface area contributed by atoms with E-state index < -0.39 is 0 Å². The summed E-state index contributed by atoms with van der Waals surface area (Å²) < 4.78 is 1.89. The van der Waals surface area contributed by atoms with Gasteiger partial charge in [0.1, 0.15) is 11.6 Å². The highest BCUT2D eigenvalue weighted by atomic mass is 15.1. The highest BCUT2D eigenvalue weighted by Gasteiger charge is 2.16. The van der Waals surface area contributed by atoms with Crippen molar-refractivity contribution in [2.24, 2.45) is 0 Å². The Bertz CT molecular complexity index is 371. The van der Waals surface area contributed by atoms with E-state index in [2.05, 4.69) is 24.8 Å². The Morgan fingerprint density at radius 3 is 2.80 bits per heavy atom. The number of terminal acetylenes is 1. The first-order valence-electron chi connectivity index (χ1n) is 5.37. The fourth-order valence-corrected chi connectivity index (χ4v) is 1.83. The number of nitrogens with zero attached hydrogens (tertiary/aromatic N) is 2. The van der Waals surface area contributed by atoms with Crippen LogP contribution in [0.5, 0.6) is 0 Å². The number of anilines is 1. The van der Waals surface area contributed by atoms with Crippen LogP contribution in [0.3, 0.4) is 0 Å². The van der Waals surface area contributed by atoms with Crippen molar-refractivity contribution < 1.29 is 0 Å². The first kappa shape index (κ1) is 11.6. The number of rotatable bonds is 4. The van der Waals surface area contributed by atoms with E-state index in [1.54, 1.807) is 0 Å². The molecule has 0 bridgehead atoms. The van der Waals surface area contributed by atoms with Crippen molar-refractivity contribution in [3.8, 4) is 12.3 Å². The van der Waals surface area contributed by atoms with Gasteiger partial charge in [0.05, 0.1) is 12.2 Å². The molecular weight excluding hydrogens is 186 g/mol. The molecule has 0 aliphatic carbocycles. The minimum Gasteiger partial charge on any atom is -0.384 e. The molecule has 0 aliphatic heterocycles. The average molecular weight is 205 g/mol. The number of aryl methyl sites for hydroxylation is 1. The summed E-state index contributed by atoms with van der Waals surface area (Å²) in [6.45, 7) is 6.76. The number of hydrogen-bond donors (Lipinski definition) is 1. The molecule has 0 aliphatic rings. The van der Waals surface area contributed by atoms with Gasteiger partial charge in [-0.25, -0.2) is 4.98 Å². The van der Waals surface area contributed by atoms with Gasteiger partial charge in [-0.15, -0.1) is 6.42 Å². The molecule has 1 heterocycles. The van der Waals surface area contributed by atoms with Gasteiger partial charge < -0.3 is 10.3 Å². The van der Waals surface area contributed by atoms with Crippen molar-refractivity contribution in [1.82, 2.24) is 9.55 Å². The Hall–Kier alpha value is -1.43. The fraction of sp³-hybridized carbons (Fsp3) is 0.583. The maximum Gasteiger partial charge on any atom is 0.127 e. The lowest BCUT2D eigenvalue weighted by atomic mass is 10.0. The van der Waals surface area contributed by atoms with E-state index >= 15 is 0 Å². The van der Waals surface area contributed by atoms with Crippen LogP contribution in [-0.2, 0) is 6.54 Å². The van der Waals surface area contributed by atoms with E-state index in [9.17, 15) is 0 Å². The Kier molecular flexibility index (Phi) is 3.79. The van der Waals surface area contributed by atoms with Crippen molar-refractivity contribution in [3.05, 3.63) is 11.5 Å². The van der Waals surface area contributed by atoms with Crippen LogP contribution < -0.4 is 5.73 Å². The molecule has 3 nitrogen and oxygen atoms in total. The predicted octanol–water partition coefficient (Wildman–Crippen LogP) is 2.31. The third-order valence-electron chi connectivity index (χ3n) is 2.66. The molecule has 0 fully saturated rings. The molecule has 0 amide bonds. The summed E-state index contributed by atoms with van der Waals surface area (Å²) >= 11 is 0. The van der Waals surface area contributed by atoms with Gasteiger partial charge in [0.15, 0.2) is 0 Å². The van der Waals surface area contributed by atoms with E-state index in [0.29, 0.717) is 12.5 Å². The van der Waals surface area contributed by atoms with Crippen molar-refractivity contribution in [2.75, 3.05) is 5.73 Å². The van der Waals surface area contributed by atoms with Crippen LogP contribution in [0.15, 0.2) is 0 Å². The van der Waals surface area contributed by atoms with Crippen molar-refractivity contribution >= 4 is 5.82 Å². The molecule has 15 heavy (non-hydrogen) atoms. The molecule has 1 aromatic rings. The highest BCUT2D eigenvalue weighted by molar-refractivity contribution is 5.40. The van der Waals surface area contributed by atoms with Gasteiger partial charge in [-0.2, -0.15) is 0 Å². The number of hydrogen-bond acceptors (Lipinski definition) is 2. The van der Waals surface area contributed by atoms with Gasteiger partial charge in [-0.1, -0.05) is 26.2 Å². The van der Waals surface area contributed by atoms with Crippen molar-refractivity contribution in [3.63, 3.8) is 0 Å². The normalized spacial score (nSPS) is 12.4. The average Bonchev–Trinajstić information content (AvgIpc) is 2.47. The first-order chi connectivity index (χ1) is 7.11. The largest absolute Gasteiger partial charge is 0.384 e. The van der Waals surface area contributed by atoms with Crippen molar-refractivity contribution in [2.45, 2.75) is 46.1 Å². The molecular formula is C12H19N3. The van der Waals surface area contributed by atoms with Crippen LogP contribution in [0, 0.1) is 19.3 Å². The molecule has 3 heteroatoms. The lowest BCUT2D eigenvalue weighted by Gasteiger charge is -2.08. The number of nitrogens with two attached hydrogens (primary N) is 1. The van der Waals surface area contributed by atoms with E-state index in [4.69, 9.17) is 12.2 Å². The van der Waals surface area contributed by atoms with Crippen LogP contribution in [0.25, 0.3) is 0 Å². The molecule has 0 saturated carbocycles.